The van der Waals surface area contributed by atoms with Gasteiger partial charge >= 0.3 is 0 Å². The van der Waals surface area contributed by atoms with Gasteiger partial charge in [0.1, 0.15) is 0 Å². The van der Waals surface area contributed by atoms with Gasteiger partial charge in [-0.1, -0.05) is 36.4 Å². The molecule has 0 saturated carbocycles. The molecule has 2 heterocycles. The van der Waals surface area contributed by atoms with Crippen LogP contribution in [0.2, 0.25) is 0 Å². The van der Waals surface area contributed by atoms with Crippen molar-refractivity contribution in [1.29, 1.82) is 0 Å². The molecule has 2 aliphatic rings. The predicted octanol–water partition coefficient (Wildman–Crippen LogP) is 3.53. The Morgan fingerprint density at radius 1 is 1.06 bits per heavy atom. The molecule has 0 atom stereocenters. The van der Waals surface area contributed by atoms with Crippen molar-refractivity contribution in [2.75, 3.05) is 46.9 Å². The zero-order valence-corrected chi connectivity index (χ0v) is 18.7. The van der Waals surface area contributed by atoms with Crippen LogP contribution in [0.3, 0.4) is 0 Å². The number of piperazine rings is 1. The standard InChI is InChI=1S/C24H27N3O3S/c1-26-11-13-27(14-12-26)24-25-23(28)22(31-24)17-19-8-9-20(21(16-19)29-2)30-15-10-18-6-4-3-5-7-18/h3-9,16-17H,10-15H2,1-2H3/b22-17+. The molecule has 0 aliphatic carbocycles. The fourth-order valence-electron chi connectivity index (χ4n) is 3.50. The fraction of sp³-hybridized carbons (Fsp3) is 0.333. The molecule has 6 nitrogen and oxygen atoms in total. The predicted molar refractivity (Wildman–Crippen MR) is 126 cm³/mol. The van der Waals surface area contributed by atoms with Gasteiger partial charge in [-0.25, -0.2) is 0 Å². The number of nitrogens with zero attached hydrogens (tertiary/aromatic N) is 3. The first-order valence-corrected chi connectivity index (χ1v) is 11.2. The highest BCUT2D eigenvalue weighted by atomic mass is 32.2. The summed E-state index contributed by atoms with van der Waals surface area (Å²) in [5.74, 6) is 1.17. The molecular formula is C24H27N3O3S. The number of ether oxygens (including phenoxy) is 2. The second-order valence-corrected chi connectivity index (χ2v) is 8.60. The Kier molecular flexibility index (Phi) is 6.94. The first-order valence-electron chi connectivity index (χ1n) is 10.4. The third kappa shape index (κ3) is 5.48. The van der Waals surface area contributed by atoms with Crippen LogP contribution in [-0.4, -0.2) is 67.8 Å². The quantitative estimate of drug-likeness (QED) is 0.645. The van der Waals surface area contributed by atoms with Crippen LogP contribution in [0, 0.1) is 0 Å². The third-order valence-electron chi connectivity index (χ3n) is 5.36. The Balaban J connectivity index is 1.39. The number of methoxy groups -OCH3 is 1. The molecule has 31 heavy (non-hydrogen) atoms. The molecule has 7 heteroatoms. The highest BCUT2D eigenvalue weighted by molar-refractivity contribution is 8.18. The van der Waals surface area contributed by atoms with Gasteiger partial charge in [0.05, 0.1) is 18.6 Å². The topological polar surface area (TPSA) is 54.4 Å². The molecule has 0 radical (unpaired) electrons. The molecule has 162 valence electrons. The van der Waals surface area contributed by atoms with E-state index in [0.717, 1.165) is 43.3 Å². The minimum Gasteiger partial charge on any atom is -0.493 e. The number of amidine groups is 1. The smallest absolute Gasteiger partial charge is 0.286 e. The fourth-order valence-corrected chi connectivity index (χ4v) is 4.46. The molecule has 4 rings (SSSR count). The number of likely N-dealkylation sites (N-methyl/N-ethyl adjacent to an activating group) is 1. The molecule has 0 unspecified atom stereocenters. The van der Waals surface area contributed by atoms with Gasteiger partial charge in [0.25, 0.3) is 5.91 Å². The van der Waals surface area contributed by atoms with E-state index in [1.807, 2.05) is 42.5 Å². The number of hydrogen-bond acceptors (Lipinski definition) is 6. The number of hydrogen-bond donors (Lipinski definition) is 0. The van der Waals surface area contributed by atoms with E-state index in [1.54, 1.807) is 7.11 Å². The molecule has 1 fully saturated rings. The second-order valence-electron chi connectivity index (χ2n) is 7.59. The maximum Gasteiger partial charge on any atom is 0.286 e. The van der Waals surface area contributed by atoms with E-state index in [4.69, 9.17) is 9.47 Å². The van der Waals surface area contributed by atoms with Crippen molar-refractivity contribution in [2.24, 2.45) is 4.99 Å². The van der Waals surface area contributed by atoms with Crippen LogP contribution < -0.4 is 9.47 Å². The van der Waals surface area contributed by atoms with E-state index in [0.29, 0.717) is 23.0 Å². The molecule has 0 aromatic heterocycles. The lowest BCUT2D eigenvalue weighted by atomic mass is 10.1. The maximum atomic E-state index is 12.4. The van der Waals surface area contributed by atoms with Crippen LogP contribution in [0.15, 0.2) is 58.4 Å². The van der Waals surface area contributed by atoms with Gasteiger partial charge in [-0.3, -0.25) is 4.79 Å². The lowest BCUT2D eigenvalue weighted by molar-refractivity contribution is -0.113. The summed E-state index contributed by atoms with van der Waals surface area (Å²) in [6.45, 7) is 4.32. The first-order chi connectivity index (χ1) is 15.1. The Morgan fingerprint density at radius 3 is 2.58 bits per heavy atom. The van der Waals surface area contributed by atoms with Gasteiger partial charge in [0, 0.05) is 32.6 Å². The number of rotatable bonds is 6. The van der Waals surface area contributed by atoms with Crippen LogP contribution in [0.4, 0.5) is 0 Å². The Bertz CT molecular complexity index is 983. The Morgan fingerprint density at radius 2 is 1.84 bits per heavy atom. The summed E-state index contributed by atoms with van der Waals surface area (Å²) in [6.07, 6.45) is 2.70. The van der Waals surface area contributed by atoms with Crippen LogP contribution in [0.5, 0.6) is 11.5 Å². The molecule has 2 aromatic rings. The first kappa shape index (κ1) is 21.5. The molecule has 1 saturated heterocycles. The highest BCUT2D eigenvalue weighted by Crippen LogP contribution is 2.33. The minimum absolute atomic E-state index is 0.180. The molecule has 0 spiro atoms. The number of carbonyl (C=O) groups excluding carboxylic acids is 1. The minimum atomic E-state index is -0.180. The van der Waals surface area contributed by atoms with Crippen molar-refractivity contribution in [2.45, 2.75) is 6.42 Å². The van der Waals surface area contributed by atoms with Crippen LogP contribution >= 0.6 is 11.8 Å². The monoisotopic (exact) mass is 437 g/mol. The van der Waals surface area contributed by atoms with Gasteiger partial charge in [-0.15, -0.1) is 0 Å². The highest BCUT2D eigenvalue weighted by Gasteiger charge is 2.27. The van der Waals surface area contributed by atoms with E-state index >= 15 is 0 Å². The number of carbonyl (C=O) groups is 1. The van der Waals surface area contributed by atoms with E-state index in [1.165, 1.54) is 17.3 Å². The van der Waals surface area contributed by atoms with Crippen LogP contribution in [0.25, 0.3) is 6.08 Å². The molecule has 2 aliphatic heterocycles. The summed E-state index contributed by atoms with van der Waals surface area (Å²) in [6, 6.07) is 16.0. The molecule has 0 N–H and O–H groups in total. The SMILES string of the molecule is COc1cc(/C=C2/SC(N3CCN(C)CC3)=NC2=O)ccc1OCCc1ccccc1. The molecule has 2 aromatic carbocycles. The van der Waals surface area contributed by atoms with Crippen molar-refractivity contribution in [1.82, 2.24) is 9.80 Å². The van der Waals surface area contributed by atoms with Gasteiger partial charge in [-0.2, -0.15) is 4.99 Å². The van der Waals surface area contributed by atoms with Crippen molar-refractivity contribution in [3.63, 3.8) is 0 Å². The Hall–Kier alpha value is -2.77. The average Bonchev–Trinajstić information content (AvgIpc) is 3.16. The lowest BCUT2D eigenvalue weighted by Gasteiger charge is -2.32. The largest absolute Gasteiger partial charge is 0.493 e. The average molecular weight is 438 g/mol. The van der Waals surface area contributed by atoms with E-state index in [2.05, 4.69) is 34.0 Å². The van der Waals surface area contributed by atoms with Crippen LogP contribution in [-0.2, 0) is 11.2 Å². The number of aliphatic imine (C=N–C) groups is 1. The summed E-state index contributed by atoms with van der Waals surface area (Å²) < 4.78 is 11.5. The summed E-state index contributed by atoms with van der Waals surface area (Å²) in [7, 11) is 3.74. The zero-order valence-electron chi connectivity index (χ0n) is 17.9. The van der Waals surface area contributed by atoms with Crippen molar-refractivity contribution in [3.8, 4) is 11.5 Å². The lowest BCUT2D eigenvalue weighted by Crippen LogP contribution is -2.46. The zero-order chi connectivity index (χ0) is 21.6. The van der Waals surface area contributed by atoms with Gasteiger partial charge in [0.2, 0.25) is 0 Å². The van der Waals surface area contributed by atoms with Crippen molar-refractivity contribution in [3.05, 3.63) is 64.6 Å². The van der Waals surface area contributed by atoms with E-state index in [9.17, 15) is 4.79 Å². The number of amides is 1. The van der Waals surface area contributed by atoms with E-state index < -0.39 is 0 Å². The summed E-state index contributed by atoms with van der Waals surface area (Å²) in [4.78, 5) is 21.8. The summed E-state index contributed by atoms with van der Waals surface area (Å²) >= 11 is 1.45. The number of thioether (sulfide) groups is 1. The van der Waals surface area contributed by atoms with Gasteiger partial charge in [0.15, 0.2) is 16.7 Å². The second kappa shape index (κ2) is 10.0. The maximum absolute atomic E-state index is 12.4. The van der Waals surface area contributed by atoms with E-state index in [-0.39, 0.29) is 5.91 Å². The molecular weight excluding hydrogens is 410 g/mol. The summed E-state index contributed by atoms with van der Waals surface area (Å²) in [5.41, 5.74) is 2.12. The van der Waals surface area contributed by atoms with Crippen molar-refractivity contribution < 1.29 is 14.3 Å². The van der Waals surface area contributed by atoms with Crippen molar-refractivity contribution >= 4 is 28.9 Å². The Labute approximate surface area is 187 Å². The summed E-state index contributed by atoms with van der Waals surface area (Å²) in [5, 5.41) is 0.803. The van der Waals surface area contributed by atoms with Crippen LogP contribution in [0.1, 0.15) is 11.1 Å². The number of benzene rings is 2. The molecule has 1 amide bonds. The normalized spacial score (nSPS) is 18.4. The third-order valence-corrected chi connectivity index (χ3v) is 6.40. The molecule has 0 bridgehead atoms. The van der Waals surface area contributed by atoms with Gasteiger partial charge < -0.3 is 19.3 Å². The van der Waals surface area contributed by atoms with Gasteiger partial charge in [-0.05, 0) is 48.1 Å².